The standard InChI is InChI=1S/C9H20N2O4S.ClH/c1-3-5-6-16(14,15)11-8(9(12)13)7-10-4-2;/h8,10-11H,3-7H2,1-2H3,(H,12,13);1H/t8-;/m0./s1. The minimum absolute atomic E-state index is 0. The molecule has 0 aromatic heterocycles. The Morgan fingerprint density at radius 1 is 1.35 bits per heavy atom. The second-order valence-electron chi connectivity index (χ2n) is 3.49. The van der Waals surface area contributed by atoms with E-state index in [9.17, 15) is 13.2 Å². The summed E-state index contributed by atoms with van der Waals surface area (Å²) in [4.78, 5) is 10.8. The fourth-order valence-electron chi connectivity index (χ4n) is 1.08. The lowest BCUT2D eigenvalue weighted by Gasteiger charge is -2.14. The molecule has 0 rings (SSSR count). The highest BCUT2D eigenvalue weighted by atomic mass is 35.5. The molecule has 0 aromatic carbocycles. The van der Waals surface area contributed by atoms with Gasteiger partial charge in [-0.3, -0.25) is 4.79 Å². The van der Waals surface area contributed by atoms with Crippen LogP contribution >= 0.6 is 12.4 Å². The minimum atomic E-state index is -3.49. The summed E-state index contributed by atoms with van der Waals surface area (Å²) < 4.78 is 25.1. The monoisotopic (exact) mass is 288 g/mol. The molecule has 0 spiro atoms. The maximum Gasteiger partial charge on any atom is 0.323 e. The molecule has 0 radical (unpaired) electrons. The van der Waals surface area contributed by atoms with Gasteiger partial charge >= 0.3 is 5.97 Å². The number of hydrogen-bond donors (Lipinski definition) is 3. The topological polar surface area (TPSA) is 95.5 Å². The smallest absolute Gasteiger partial charge is 0.323 e. The van der Waals surface area contributed by atoms with E-state index in [-0.39, 0.29) is 24.7 Å². The van der Waals surface area contributed by atoms with Crippen LogP contribution in [0.5, 0.6) is 0 Å². The van der Waals surface area contributed by atoms with Crippen molar-refractivity contribution in [1.29, 1.82) is 0 Å². The third-order valence-electron chi connectivity index (χ3n) is 1.98. The third kappa shape index (κ3) is 9.34. The van der Waals surface area contributed by atoms with Gasteiger partial charge in [-0.2, -0.15) is 4.72 Å². The lowest BCUT2D eigenvalue weighted by atomic mass is 10.3. The van der Waals surface area contributed by atoms with Crippen molar-refractivity contribution in [3.8, 4) is 0 Å². The van der Waals surface area contributed by atoms with Gasteiger partial charge in [0.2, 0.25) is 10.0 Å². The van der Waals surface area contributed by atoms with Gasteiger partial charge in [0, 0.05) is 6.54 Å². The summed E-state index contributed by atoms with van der Waals surface area (Å²) >= 11 is 0. The summed E-state index contributed by atoms with van der Waals surface area (Å²) in [7, 11) is -3.49. The maximum atomic E-state index is 11.5. The third-order valence-corrected chi connectivity index (χ3v) is 3.45. The zero-order chi connectivity index (χ0) is 12.6. The van der Waals surface area contributed by atoms with Crippen LogP contribution < -0.4 is 10.0 Å². The molecule has 0 saturated heterocycles. The molecule has 0 unspecified atom stereocenters. The van der Waals surface area contributed by atoms with Crippen molar-refractivity contribution in [3.05, 3.63) is 0 Å². The highest BCUT2D eigenvalue weighted by molar-refractivity contribution is 7.89. The van der Waals surface area contributed by atoms with Gasteiger partial charge < -0.3 is 10.4 Å². The Kier molecular flexibility index (Phi) is 10.8. The lowest BCUT2D eigenvalue weighted by molar-refractivity contribution is -0.138. The molecule has 1 atom stereocenters. The first-order chi connectivity index (χ1) is 7.43. The van der Waals surface area contributed by atoms with Crippen molar-refractivity contribution in [2.75, 3.05) is 18.8 Å². The van der Waals surface area contributed by atoms with Crippen LogP contribution in [0.15, 0.2) is 0 Å². The van der Waals surface area contributed by atoms with Crippen molar-refractivity contribution < 1.29 is 18.3 Å². The van der Waals surface area contributed by atoms with E-state index < -0.39 is 22.0 Å². The normalized spacial score (nSPS) is 12.8. The number of nitrogens with one attached hydrogen (secondary N) is 2. The Labute approximate surface area is 109 Å². The van der Waals surface area contributed by atoms with E-state index in [4.69, 9.17) is 5.11 Å². The van der Waals surface area contributed by atoms with Gasteiger partial charge in [0.25, 0.3) is 0 Å². The number of likely N-dealkylation sites (N-methyl/N-ethyl adjacent to an activating group) is 1. The zero-order valence-electron chi connectivity index (χ0n) is 10.1. The van der Waals surface area contributed by atoms with Crippen LogP contribution in [0, 0.1) is 0 Å². The first-order valence-corrected chi connectivity index (χ1v) is 7.01. The van der Waals surface area contributed by atoms with E-state index in [1.165, 1.54) is 0 Å². The Morgan fingerprint density at radius 3 is 2.35 bits per heavy atom. The minimum Gasteiger partial charge on any atom is -0.480 e. The van der Waals surface area contributed by atoms with Crippen LogP contribution in [0.25, 0.3) is 0 Å². The molecule has 3 N–H and O–H groups in total. The molecule has 0 fully saturated rings. The molecular formula is C9H21ClN2O4S. The Bertz CT molecular complexity index is 308. The molecule has 0 aliphatic heterocycles. The van der Waals surface area contributed by atoms with E-state index in [1.807, 2.05) is 13.8 Å². The molecule has 6 nitrogen and oxygen atoms in total. The number of sulfonamides is 1. The number of carboxylic acids is 1. The van der Waals surface area contributed by atoms with E-state index >= 15 is 0 Å². The molecule has 8 heteroatoms. The SMILES string of the molecule is CCCCS(=O)(=O)N[C@@H](CNCC)C(=O)O.Cl. The van der Waals surface area contributed by atoms with Crippen molar-refractivity contribution in [3.63, 3.8) is 0 Å². The van der Waals surface area contributed by atoms with E-state index in [1.54, 1.807) is 0 Å². The van der Waals surface area contributed by atoms with Gasteiger partial charge in [-0.15, -0.1) is 12.4 Å². The summed E-state index contributed by atoms with van der Waals surface area (Å²) in [6.07, 6.45) is 1.29. The van der Waals surface area contributed by atoms with E-state index in [2.05, 4.69) is 10.0 Å². The van der Waals surface area contributed by atoms with Gasteiger partial charge in [-0.25, -0.2) is 8.42 Å². The second kappa shape index (κ2) is 9.64. The summed E-state index contributed by atoms with van der Waals surface area (Å²) in [5.74, 6) is -1.19. The molecule has 104 valence electrons. The van der Waals surface area contributed by atoms with Crippen molar-refractivity contribution in [2.24, 2.45) is 0 Å². The van der Waals surface area contributed by atoms with Gasteiger partial charge in [0.05, 0.1) is 5.75 Å². The fourth-order valence-corrected chi connectivity index (χ4v) is 2.48. The molecule has 0 aromatic rings. The van der Waals surface area contributed by atoms with Crippen molar-refractivity contribution in [2.45, 2.75) is 32.7 Å². The van der Waals surface area contributed by atoms with Gasteiger partial charge in [0.15, 0.2) is 0 Å². The Morgan fingerprint density at radius 2 is 1.94 bits per heavy atom. The average Bonchev–Trinajstić information content (AvgIpc) is 2.21. The number of aliphatic carboxylic acids is 1. The number of hydrogen-bond acceptors (Lipinski definition) is 4. The molecule has 0 aliphatic carbocycles. The second-order valence-corrected chi connectivity index (χ2v) is 5.36. The number of rotatable bonds is 9. The van der Waals surface area contributed by atoms with Crippen molar-refractivity contribution >= 4 is 28.4 Å². The van der Waals surface area contributed by atoms with Gasteiger partial charge in [0.1, 0.15) is 6.04 Å². The molecular weight excluding hydrogens is 268 g/mol. The van der Waals surface area contributed by atoms with Gasteiger partial charge in [-0.05, 0) is 13.0 Å². The summed E-state index contributed by atoms with van der Waals surface area (Å²) in [5.41, 5.74) is 0. The Balaban J connectivity index is 0. The molecule has 0 amide bonds. The highest BCUT2D eigenvalue weighted by Gasteiger charge is 2.22. The van der Waals surface area contributed by atoms with Crippen molar-refractivity contribution in [1.82, 2.24) is 10.0 Å². The van der Waals surface area contributed by atoms with Crippen LogP contribution in [-0.2, 0) is 14.8 Å². The Hall–Kier alpha value is -0.370. The van der Waals surface area contributed by atoms with Crippen LogP contribution in [0.2, 0.25) is 0 Å². The van der Waals surface area contributed by atoms with E-state index in [0.29, 0.717) is 13.0 Å². The number of carbonyl (C=O) groups is 1. The molecule has 17 heavy (non-hydrogen) atoms. The quantitative estimate of drug-likeness (QED) is 0.563. The van der Waals surface area contributed by atoms with Crippen LogP contribution in [0.3, 0.4) is 0 Å². The maximum absolute atomic E-state index is 11.5. The molecule has 0 saturated carbocycles. The number of halogens is 1. The summed E-state index contributed by atoms with van der Waals surface area (Å²) in [5, 5.41) is 11.6. The summed E-state index contributed by atoms with van der Waals surface area (Å²) in [6.45, 7) is 4.39. The zero-order valence-corrected chi connectivity index (χ0v) is 11.7. The number of unbranched alkanes of at least 4 members (excludes halogenated alkanes) is 1. The molecule has 0 heterocycles. The first kappa shape index (κ1) is 19.0. The first-order valence-electron chi connectivity index (χ1n) is 5.36. The van der Waals surface area contributed by atoms with Crippen LogP contribution in [-0.4, -0.2) is 44.4 Å². The number of carboxylic acid groups (broad SMARTS) is 1. The summed E-state index contributed by atoms with van der Waals surface area (Å²) in [6, 6.07) is -1.10. The fraction of sp³-hybridized carbons (Fsp3) is 0.889. The van der Waals surface area contributed by atoms with E-state index in [0.717, 1.165) is 6.42 Å². The predicted molar refractivity (Wildman–Crippen MR) is 69.0 cm³/mol. The highest BCUT2D eigenvalue weighted by Crippen LogP contribution is 1.96. The molecule has 0 bridgehead atoms. The molecule has 0 aliphatic rings. The van der Waals surface area contributed by atoms with Crippen LogP contribution in [0.4, 0.5) is 0 Å². The predicted octanol–water partition coefficient (Wildman–Crippen LogP) is 0.190. The van der Waals surface area contributed by atoms with Gasteiger partial charge in [-0.1, -0.05) is 20.3 Å². The largest absolute Gasteiger partial charge is 0.480 e. The lowest BCUT2D eigenvalue weighted by Crippen LogP contribution is -2.47. The van der Waals surface area contributed by atoms with Crippen LogP contribution in [0.1, 0.15) is 26.7 Å². The average molecular weight is 289 g/mol.